The molecule has 1 aliphatic heterocycles. The maximum absolute atomic E-state index is 12.1. The van der Waals surface area contributed by atoms with Crippen LogP contribution >= 0.6 is 0 Å². The molecule has 0 fully saturated rings. The summed E-state index contributed by atoms with van der Waals surface area (Å²) in [5.74, 6) is 0.0261. The molecule has 2 rings (SSSR count). The average molecular weight is 305 g/mol. The van der Waals surface area contributed by atoms with E-state index in [2.05, 4.69) is 0 Å². The van der Waals surface area contributed by atoms with Gasteiger partial charge in [0.25, 0.3) is 0 Å². The largest absolute Gasteiger partial charge is 0.444 e. The molecule has 22 heavy (non-hydrogen) atoms. The second-order valence-corrected chi connectivity index (χ2v) is 6.51. The minimum Gasteiger partial charge on any atom is -0.444 e. The number of carbonyl (C=O) groups is 2. The Morgan fingerprint density at radius 1 is 1.41 bits per heavy atom. The lowest BCUT2D eigenvalue weighted by molar-refractivity contribution is -0.117. The van der Waals surface area contributed by atoms with Crippen LogP contribution in [-0.4, -0.2) is 42.6 Å². The molecule has 6 nitrogen and oxygen atoms in total. The molecule has 0 aromatic heterocycles. The van der Waals surface area contributed by atoms with Crippen molar-refractivity contribution in [2.45, 2.75) is 32.8 Å². The summed E-state index contributed by atoms with van der Waals surface area (Å²) in [6.45, 7) is 6.31. The highest BCUT2D eigenvalue weighted by Crippen LogP contribution is 2.30. The Morgan fingerprint density at radius 3 is 2.73 bits per heavy atom. The number of amides is 2. The summed E-state index contributed by atoms with van der Waals surface area (Å²) < 4.78 is 5.29. The van der Waals surface area contributed by atoms with E-state index in [1.165, 1.54) is 4.90 Å². The summed E-state index contributed by atoms with van der Waals surface area (Å²) in [4.78, 5) is 27.2. The second kappa shape index (κ2) is 5.87. The number of ether oxygens (including phenoxy) is 1. The molecule has 0 unspecified atom stereocenters. The van der Waals surface area contributed by atoms with Gasteiger partial charge < -0.3 is 20.3 Å². The van der Waals surface area contributed by atoms with E-state index in [1.54, 1.807) is 18.0 Å². The first-order valence-corrected chi connectivity index (χ1v) is 7.30. The highest BCUT2D eigenvalue weighted by molar-refractivity contribution is 6.01. The fourth-order valence-electron chi connectivity index (χ4n) is 2.33. The zero-order valence-electron chi connectivity index (χ0n) is 13.5. The monoisotopic (exact) mass is 305 g/mol. The molecular weight excluding hydrogens is 282 g/mol. The van der Waals surface area contributed by atoms with E-state index in [1.807, 2.05) is 32.9 Å². The van der Waals surface area contributed by atoms with Gasteiger partial charge in [-0.1, -0.05) is 0 Å². The maximum atomic E-state index is 12.1. The first-order chi connectivity index (χ1) is 10.2. The van der Waals surface area contributed by atoms with Gasteiger partial charge in [-0.05, 0) is 44.5 Å². The molecule has 2 N–H and O–H groups in total. The molecule has 6 heteroatoms. The number of anilines is 2. The van der Waals surface area contributed by atoms with Gasteiger partial charge in [-0.3, -0.25) is 4.79 Å². The topological polar surface area (TPSA) is 75.9 Å². The van der Waals surface area contributed by atoms with Crippen LogP contribution in [0.1, 0.15) is 26.3 Å². The third kappa shape index (κ3) is 3.69. The van der Waals surface area contributed by atoms with Crippen molar-refractivity contribution in [3.63, 3.8) is 0 Å². The number of hydrogen-bond acceptors (Lipinski definition) is 4. The third-order valence-electron chi connectivity index (χ3n) is 3.40. The Labute approximate surface area is 130 Å². The highest BCUT2D eigenvalue weighted by atomic mass is 16.6. The number of carbonyl (C=O) groups excluding carboxylic acids is 2. The van der Waals surface area contributed by atoms with Gasteiger partial charge in [0.2, 0.25) is 5.91 Å². The van der Waals surface area contributed by atoms with Crippen LogP contribution in [0.15, 0.2) is 18.2 Å². The minimum absolute atomic E-state index is 0.0261. The molecule has 0 atom stereocenters. The highest BCUT2D eigenvalue weighted by Gasteiger charge is 2.28. The van der Waals surface area contributed by atoms with Crippen molar-refractivity contribution in [1.29, 1.82) is 0 Å². The molecule has 0 radical (unpaired) electrons. The molecule has 0 saturated heterocycles. The summed E-state index contributed by atoms with van der Waals surface area (Å²) in [6, 6.07) is 5.45. The smallest absolute Gasteiger partial charge is 0.410 e. The van der Waals surface area contributed by atoms with Crippen molar-refractivity contribution in [2.24, 2.45) is 0 Å². The molecular formula is C16H23N3O3. The first-order valence-electron chi connectivity index (χ1n) is 7.30. The quantitative estimate of drug-likeness (QED) is 0.867. The number of benzene rings is 1. The van der Waals surface area contributed by atoms with Crippen LogP contribution in [0.3, 0.4) is 0 Å². The standard InChI is InChI=1S/C16H23N3O3/c1-16(2,3)22-15(21)18(4)7-8-19-13-6-5-12(17)9-11(13)10-14(19)20/h5-6,9H,7-8,10,17H2,1-4H3. The Morgan fingerprint density at radius 2 is 2.09 bits per heavy atom. The zero-order chi connectivity index (χ0) is 16.5. The molecule has 1 aliphatic rings. The predicted octanol–water partition coefficient (Wildman–Crippen LogP) is 2.02. The molecule has 1 aromatic rings. The number of hydrogen-bond donors (Lipinski definition) is 1. The molecule has 0 spiro atoms. The van der Waals surface area contributed by atoms with Crippen LogP contribution in [0.5, 0.6) is 0 Å². The number of nitrogen functional groups attached to an aromatic ring is 1. The summed E-state index contributed by atoms with van der Waals surface area (Å²) in [5.41, 5.74) is 7.67. The van der Waals surface area contributed by atoms with Gasteiger partial charge in [-0.2, -0.15) is 0 Å². The molecule has 0 bridgehead atoms. The lowest BCUT2D eigenvalue weighted by Crippen LogP contribution is -2.40. The van der Waals surface area contributed by atoms with Crippen LogP contribution in [0, 0.1) is 0 Å². The number of likely N-dealkylation sites (N-methyl/N-ethyl adjacent to an activating group) is 1. The lowest BCUT2D eigenvalue weighted by atomic mass is 10.1. The van der Waals surface area contributed by atoms with Gasteiger partial charge >= 0.3 is 6.09 Å². The van der Waals surface area contributed by atoms with Gasteiger partial charge in [-0.15, -0.1) is 0 Å². The summed E-state index contributed by atoms with van der Waals surface area (Å²) in [5, 5.41) is 0. The van der Waals surface area contributed by atoms with Gasteiger partial charge in [0.15, 0.2) is 0 Å². The van der Waals surface area contributed by atoms with Crippen molar-refractivity contribution in [3.05, 3.63) is 23.8 Å². The van der Waals surface area contributed by atoms with Crippen LogP contribution in [0.2, 0.25) is 0 Å². The van der Waals surface area contributed by atoms with Crippen LogP contribution < -0.4 is 10.6 Å². The van der Waals surface area contributed by atoms with E-state index in [0.29, 0.717) is 25.2 Å². The van der Waals surface area contributed by atoms with E-state index >= 15 is 0 Å². The number of nitrogens with two attached hydrogens (primary N) is 1. The lowest BCUT2D eigenvalue weighted by Gasteiger charge is -2.26. The third-order valence-corrected chi connectivity index (χ3v) is 3.40. The van der Waals surface area contributed by atoms with E-state index in [4.69, 9.17) is 10.5 Å². The van der Waals surface area contributed by atoms with Crippen molar-refractivity contribution < 1.29 is 14.3 Å². The van der Waals surface area contributed by atoms with E-state index in [9.17, 15) is 9.59 Å². The SMILES string of the molecule is CN(CCN1C(=O)Cc2cc(N)ccc21)C(=O)OC(C)(C)C. The van der Waals surface area contributed by atoms with Crippen LogP contribution in [0.4, 0.5) is 16.2 Å². The molecule has 1 heterocycles. The van der Waals surface area contributed by atoms with E-state index in [-0.39, 0.29) is 5.91 Å². The molecule has 1 aromatic carbocycles. The van der Waals surface area contributed by atoms with Crippen molar-refractivity contribution in [1.82, 2.24) is 4.90 Å². The first kappa shape index (κ1) is 16.1. The summed E-state index contributed by atoms with van der Waals surface area (Å²) >= 11 is 0. The van der Waals surface area contributed by atoms with Crippen LogP contribution in [-0.2, 0) is 16.0 Å². The van der Waals surface area contributed by atoms with Crippen molar-refractivity contribution >= 4 is 23.4 Å². The molecule has 0 saturated carbocycles. The van der Waals surface area contributed by atoms with Crippen LogP contribution in [0.25, 0.3) is 0 Å². The maximum Gasteiger partial charge on any atom is 0.410 e. The second-order valence-electron chi connectivity index (χ2n) is 6.51. The van der Waals surface area contributed by atoms with Crippen molar-refractivity contribution in [3.8, 4) is 0 Å². The number of fused-ring (bicyclic) bond motifs is 1. The predicted molar refractivity (Wildman–Crippen MR) is 85.8 cm³/mol. The Hall–Kier alpha value is -2.24. The molecule has 120 valence electrons. The zero-order valence-corrected chi connectivity index (χ0v) is 13.5. The Balaban J connectivity index is 1.98. The molecule has 2 amide bonds. The molecule has 0 aliphatic carbocycles. The summed E-state index contributed by atoms with van der Waals surface area (Å²) in [6.07, 6.45) is -0.0343. The number of nitrogens with zero attached hydrogens (tertiary/aromatic N) is 2. The van der Waals surface area contributed by atoms with E-state index < -0.39 is 11.7 Å². The average Bonchev–Trinajstić information content (AvgIpc) is 2.68. The van der Waals surface area contributed by atoms with Gasteiger partial charge in [0.1, 0.15) is 5.60 Å². The Kier molecular flexibility index (Phi) is 4.30. The van der Waals surface area contributed by atoms with E-state index in [0.717, 1.165) is 11.3 Å². The summed E-state index contributed by atoms with van der Waals surface area (Å²) in [7, 11) is 1.67. The normalized spacial score (nSPS) is 14.0. The van der Waals surface area contributed by atoms with Gasteiger partial charge in [-0.25, -0.2) is 4.79 Å². The van der Waals surface area contributed by atoms with Crippen molar-refractivity contribution in [2.75, 3.05) is 30.8 Å². The fourth-order valence-corrected chi connectivity index (χ4v) is 2.33. The minimum atomic E-state index is -0.529. The Bertz CT molecular complexity index is 593. The van der Waals surface area contributed by atoms with Gasteiger partial charge in [0, 0.05) is 31.5 Å². The van der Waals surface area contributed by atoms with Gasteiger partial charge in [0.05, 0.1) is 6.42 Å². The number of rotatable bonds is 3. The fraction of sp³-hybridized carbons (Fsp3) is 0.500.